The molecule has 0 unspecified atom stereocenters. The van der Waals surface area contributed by atoms with E-state index < -0.39 is 0 Å². The second-order valence-corrected chi connectivity index (χ2v) is 7.36. The van der Waals surface area contributed by atoms with Crippen LogP contribution in [0, 0.1) is 5.41 Å². The van der Waals surface area contributed by atoms with Crippen LogP contribution in [-0.2, 0) is 19.4 Å². The van der Waals surface area contributed by atoms with Gasteiger partial charge >= 0.3 is 0 Å². The summed E-state index contributed by atoms with van der Waals surface area (Å²) in [6.07, 6.45) is 5.30. The van der Waals surface area contributed by atoms with E-state index in [9.17, 15) is 5.11 Å². The molecule has 2 aliphatic heterocycles. The molecule has 3 atom stereocenters. The molecule has 3 heterocycles. The van der Waals surface area contributed by atoms with Crippen LogP contribution >= 0.6 is 0 Å². The van der Waals surface area contributed by atoms with E-state index in [-0.39, 0.29) is 12.0 Å². The fourth-order valence-electron chi connectivity index (χ4n) is 4.81. The zero-order valence-electron chi connectivity index (χ0n) is 14.3. The molecule has 5 heteroatoms. The average molecular weight is 326 g/mol. The first-order valence-corrected chi connectivity index (χ1v) is 9.05. The Balaban J connectivity index is 1.54. The third-order valence-electron chi connectivity index (χ3n) is 5.93. The third-order valence-corrected chi connectivity index (χ3v) is 5.93. The summed E-state index contributed by atoms with van der Waals surface area (Å²) in [5.74, 6) is 1.84. The van der Waals surface area contributed by atoms with Gasteiger partial charge in [-0.15, -0.1) is 0 Å². The van der Waals surface area contributed by atoms with Crippen molar-refractivity contribution in [2.45, 2.75) is 57.7 Å². The number of benzene rings is 1. The summed E-state index contributed by atoms with van der Waals surface area (Å²) in [5, 5.41) is 17.6. The molecule has 0 spiro atoms. The number of hydrogen-bond donors (Lipinski definition) is 2. The van der Waals surface area contributed by atoms with Gasteiger partial charge in [0.1, 0.15) is 11.6 Å². The lowest BCUT2D eigenvalue weighted by Gasteiger charge is -2.36. The minimum Gasteiger partial charge on any atom is -0.396 e. The Hall–Kier alpha value is -1.72. The van der Waals surface area contributed by atoms with Crippen molar-refractivity contribution >= 4 is 0 Å². The van der Waals surface area contributed by atoms with E-state index in [2.05, 4.69) is 57.3 Å². The number of hydrogen-bond acceptors (Lipinski definition) is 4. The number of aliphatic hydroxyl groups is 1. The second kappa shape index (κ2) is 6.30. The topological polar surface area (TPSA) is 65.0 Å². The molecule has 0 aliphatic carbocycles. The molecule has 2 saturated heterocycles. The molecule has 2 aliphatic rings. The summed E-state index contributed by atoms with van der Waals surface area (Å²) in [4.78, 5) is 7.13. The predicted molar refractivity (Wildman–Crippen MR) is 92.4 cm³/mol. The molecule has 1 aromatic heterocycles. The van der Waals surface area contributed by atoms with Crippen LogP contribution in [0.3, 0.4) is 0 Å². The summed E-state index contributed by atoms with van der Waals surface area (Å²) in [6, 6.07) is 11.6. The summed E-state index contributed by atoms with van der Waals surface area (Å²) in [5.41, 5.74) is 1.31. The van der Waals surface area contributed by atoms with Crippen molar-refractivity contribution in [3.05, 3.63) is 47.5 Å². The van der Waals surface area contributed by atoms with E-state index in [1.54, 1.807) is 0 Å². The zero-order chi connectivity index (χ0) is 16.6. The molecule has 2 fully saturated rings. The number of rotatable bonds is 6. The van der Waals surface area contributed by atoms with E-state index in [0.717, 1.165) is 37.5 Å². The minimum absolute atomic E-state index is 0.0160. The molecule has 4 rings (SSSR count). The van der Waals surface area contributed by atoms with E-state index in [1.807, 2.05) is 0 Å². The summed E-state index contributed by atoms with van der Waals surface area (Å²) in [7, 11) is 0. The van der Waals surface area contributed by atoms with Gasteiger partial charge in [0.15, 0.2) is 0 Å². The Morgan fingerprint density at radius 3 is 2.83 bits per heavy atom. The fraction of sp³-hybridized carbons (Fsp3) is 0.579. The standard InChI is InChI=1S/C19H26N4O/c1-2-17-20-18(22-21-17)12-23-15-8-9-16(23)19(11-15,13-24)10-14-6-4-3-5-7-14/h3-7,15-16,24H,2,8-13H2,1H3,(H,20,21,22)/t15-,16+,19-/m1/s1. The molecule has 0 saturated carbocycles. The van der Waals surface area contributed by atoms with Crippen LogP contribution < -0.4 is 0 Å². The van der Waals surface area contributed by atoms with Gasteiger partial charge in [-0.25, -0.2) is 4.98 Å². The summed E-state index contributed by atoms with van der Waals surface area (Å²) < 4.78 is 0. The number of aromatic amines is 1. The van der Waals surface area contributed by atoms with Crippen LogP contribution in [0.4, 0.5) is 0 Å². The molecule has 2 aromatic rings. The molecule has 1 aromatic carbocycles. The lowest BCUT2D eigenvalue weighted by Crippen LogP contribution is -2.41. The summed E-state index contributed by atoms with van der Waals surface area (Å²) >= 11 is 0. The van der Waals surface area contributed by atoms with Gasteiger partial charge in [0.2, 0.25) is 0 Å². The van der Waals surface area contributed by atoms with Gasteiger partial charge in [0.05, 0.1) is 13.2 Å². The Labute approximate surface area is 143 Å². The lowest BCUT2D eigenvalue weighted by atomic mass is 9.70. The average Bonchev–Trinajstić information content (AvgIpc) is 3.30. The van der Waals surface area contributed by atoms with Crippen LogP contribution in [0.5, 0.6) is 0 Å². The molecular weight excluding hydrogens is 300 g/mol. The normalized spacial score (nSPS) is 29.4. The number of nitrogens with one attached hydrogen (secondary N) is 1. The second-order valence-electron chi connectivity index (χ2n) is 7.36. The highest BCUT2D eigenvalue weighted by Gasteiger charge is 2.55. The Morgan fingerprint density at radius 2 is 2.12 bits per heavy atom. The van der Waals surface area contributed by atoms with E-state index in [4.69, 9.17) is 0 Å². The molecular formula is C19H26N4O. The zero-order valence-corrected chi connectivity index (χ0v) is 14.3. The Kier molecular flexibility index (Phi) is 4.14. The smallest absolute Gasteiger partial charge is 0.150 e. The van der Waals surface area contributed by atoms with Gasteiger partial charge in [0, 0.05) is 23.9 Å². The van der Waals surface area contributed by atoms with E-state index >= 15 is 0 Å². The maximum Gasteiger partial charge on any atom is 0.150 e. The maximum absolute atomic E-state index is 10.3. The highest BCUT2D eigenvalue weighted by Crippen LogP contribution is 2.51. The fourth-order valence-corrected chi connectivity index (χ4v) is 4.81. The molecule has 2 bridgehead atoms. The van der Waals surface area contributed by atoms with Crippen molar-refractivity contribution in [1.82, 2.24) is 20.1 Å². The highest BCUT2D eigenvalue weighted by molar-refractivity contribution is 5.20. The van der Waals surface area contributed by atoms with E-state index in [1.165, 1.54) is 18.4 Å². The van der Waals surface area contributed by atoms with Gasteiger partial charge < -0.3 is 5.11 Å². The summed E-state index contributed by atoms with van der Waals surface area (Å²) in [6.45, 7) is 3.15. The van der Waals surface area contributed by atoms with Crippen molar-refractivity contribution in [2.24, 2.45) is 5.41 Å². The van der Waals surface area contributed by atoms with Gasteiger partial charge in [0.25, 0.3) is 0 Å². The van der Waals surface area contributed by atoms with Gasteiger partial charge in [-0.1, -0.05) is 37.3 Å². The third kappa shape index (κ3) is 2.66. The number of fused-ring (bicyclic) bond motifs is 2. The van der Waals surface area contributed by atoms with Crippen LogP contribution in [0.1, 0.15) is 43.4 Å². The van der Waals surface area contributed by atoms with Crippen molar-refractivity contribution < 1.29 is 5.11 Å². The van der Waals surface area contributed by atoms with Crippen LogP contribution in [0.25, 0.3) is 0 Å². The molecule has 0 amide bonds. The first kappa shape index (κ1) is 15.8. The number of aliphatic hydroxyl groups excluding tert-OH is 1. The Morgan fingerprint density at radius 1 is 1.29 bits per heavy atom. The van der Waals surface area contributed by atoms with Gasteiger partial charge in [-0.2, -0.15) is 5.10 Å². The number of nitrogens with zero attached hydrogens (tertiary/aromatic N) is 3. The molecule has 2 N–H and O–H groups in total. The maximum atomic E-state index is 10.3. The van der Waals surface area contributed by atoms with Crippen LogP contribution in [-0.4, -0.2) is 43.9 Å². The predicted octanol–water partition coefficient (Wildman–Crippen LogP) is 2.33. The van der Waals surface area contributed by atoms with Crippen molar-refractivity contribution in [3.8, 4) is 0 Å². The lowest BCUT2D eigenvalue weighted by molar-refractivity contribution is 0.0745. The SMILES string of the molecule is CCc1n[nH]c(CN2[C@@H]3CC[C@H]2[C@](CO)(Cc2ccccc2)C3)n1. The number of H-pyrrole nitrogens is 1. The molecule has 5 nitrogen and oxygen atoms in total. The quantitative estimate of drug-likeness (QED) is 0.855. The van der Waals surface area contributed by atoms with Crippen LogP contribution in [0.2, 0.25) is 0 Å². The number of aryl methyl sites for hydroxylation is 1. The van der Waals surface area contributed by atoms with Crippen molar-refractivity contribution in [2.75, 3.05) is 6.61 Å². The molecule has 24 heavy (non-hydrogen) atoms. The van der Waals surface area contributed by atoms with E-state index in [0.29, 0.717) is 12.1 Å². The minimum atomic E-state index is -0.0160. The largest absolute Gasteiger partial charge is 0.396 e. The van der Waals surface area contributed by atoms with Crippen LogP contribution in [0.15, 0.2) is 30.3 Å². The van der Waals surface area contributed by atoms with Crippen molar-refractivity contribution in [3.63, 3.8) is 0 Å². The first-order valence-electron chi connectivity index (χ1n) is 9.05. The molecule has 128 valence electrons. The first-order chi connectivity index (χ1) is 11.7. The Bertz CT molecular complexity index is 686. The highest BCUT2D eigenvalue weighted by atomic mass is 16.3. The number of aromatic nitrogens is 3. The van der Waals surface area contributed by atoms with Gasteiger partial charge in [-0.05, 0) is 31.2 Å². The monoisotopic (exact) mass is 326 g/mol. The van der Waals surface area contributed by atoms with Gasteiger partial charge in [-0.3, -0.25) is 10.00 Å². The molecule has 0 radical (unpaired) electrons. The van der Waals surface area contributed by atoms with Crippen molar-refractivity contribution in [1.29, 1.82) is 0 Å².